The summed E-state index contributed by atoms with van der Waals surface area (Å²) in [6.45, 7) is 4.03. The molecule has 0 spiro atoms. The third-order valence-corrected chi connectivity index (χ3v) is 8.32. The number of nitrogens with zero attached hydrogens (tertiary/aromatic N) is 5. The predicted octanol–water partition coefficient (Wildman–Crippen LogP) is 3.21. The molecular weight excluding hydrogens is 520 g/mol. The normalized spacial score (nSPS) is 14.4. The summed E-state index contributed by atoms with van der Waals surface area (Å²) in [6, 6.07) is 10.8. The van der Waals surface area contributed by atoms with Crippen LogP contribution in [0.3, 0.4) is 0 Å². The van der Waals surface area contributed by atoms with Gasteiger partial charge in [-0.15, -0.1) is 0 Å². The Morgan fingerprint density at radius 2 is 1.72 bits per heavy atom. The fourth-order valence-electron chi connectivity index (χ4n) is 4.85. The van der Waals surface area contributed by atoms with Crippen molar-refractivity contribution in [2.24, 2.45) is 5.92 Å². The van der Waals surface area contributed by atoms with Crippen molar-refractivity contribution >= 4 is 21.1 Å². The highest BCUT2D eigenvalue weighted by Gasteiger charge is 2.26. The second kappa shape index (κ2) is 11.5. The molecule has 1 aliphatic heterocycles. The van der Waals surface area contributed by atoms with Gasteiger partial charge in [-0.1, -0.05) is 12.1 Å². The number of hydrogen-bond donors (Lipinski definition) is 1. The van der Waals surface area contributed by atoms with E-state index in [2.05, 4.69) is 15.3 Å². The topological polar surface area (TPSA) is 130 Å². The van der Waals surface area contributed by atoms with Crippen LogP contribution in [-0.2, 0) is 15.6 Å². The molecule has 1 aromatic carbocycles. The van der Waals surface area contributed by atoms with Crippen LogP contribution in [-0.4, -0.2) is 72.6 Å². The van der Waals surface area contributed by atoms with Gasteiger partial charge in [-0.05, 0) is 57.0 Å². The highest BCUT2D eigenvalue weighted by atomic mass is 32.2. The van der Waals surface area contributed by atoms with Gasteiger partial charge in [-0.3, -0.25) is 4.57 Å². The highest BCUT2D eigenvalue weighted by Crippen LogP contribution is 2.37. The van der Waals surface area contributed by atoms with Crippen LogP contribution in [0.25, 0.3) is 28.5 Å². The minimum absolute atomic E-state index is 0.132. The molecule has 0 aliphatic carbocycles. The van der Waals surface area contributed by atoms with Crippen molar-refractivity contribution in [2.45, 2.75) is 25.5 Å². The van der Waals surface area contributed by atoms with Crippen LogP contribution in [0.1, 0.15) is 25.5 Å². The maximum absolute atomic E-state index is 13.1. The van der Waals surface area contributed by atoms with E-state index >= 15 is 0 Å². The number of para-hydroxylation sites is 1. The Balaban J connectivity index is 1.65. The van der Waals surface area contributed by atoms with Crippen LogP contribution in [0.4, 0.5) is 0 Å². The Morgan fingerprint density at radius 3 is 2.41 bits per heavy atom. The highest BCUT2D eigenvalue weighted by molar-refractivity contribution is 7.90. The van der Waals surface area contributed by atoms with Gasteiger partial charge in [-0.2, -0.15) is 0 Å². The van der Waals surface area contributed by atoms with E-state index in [4.69, 9.17) is 24.2 Å². The third kappa shape index (κ3) is 5.81. The monoisotopic (exact) mass is 552 g/mol. The van der Waals surface area contributed by atoms with Crippen LogP contribution in [0.2, 0.25) is 0 Å². The first kappa shape index (κ1) is 26.8. The van der Waals surface area contributed by atoms with E-state index < -0.39 is 9.84 Å². The SMILES string of the molecule is CCOc1cccc(-c2nc3ncc(CS(=O)(=O)CC4CCNCC4)nc3n2-c2c(OC)cccc2OC)n1. The maximum atomic E-state index is 13.1. The first-order chi connectivity index (χ1) is 18.9. The van der Waals surface area contributed by atoms with Gasteiger partial charge in [0.25, 0.3) is 0 Å². The Morgan fingerprint density at radius 1 is 1.00 bits per heavy atom. The number of imidazole rings is 1. The van der Waals surface area contributed by atoms with E-state index in [9.17, 15) is 8.42 Å². The maximum Gasteiger partial charge on any atom is 0.213 e. The number of pyridine rings is 1. The fraction of sp³-hybridized carbons (Fsp3) is 0.407. The lowest BCUT2D eigenvalue weighted by atomic mass is 10.0. The summed E-state index contributed by atoms with van der Waals surface area (Å²) < 4.78 is 45.0. The smallest absolute Gasteiger partial charge is 0.213 e. The molecule has 1 fully saturated rings. The van der Waals surface area contributed by atoms with Gasteiger partial charge in [0, 0.05) is 6.07 Å². The zero-order chi connectivity index (χ0) is 27.4. The molecule has 0 unspecified atom stereocenters. The number of benzene rings is 1. The summed E-state index contributed by atoms with van der Waals surface area (Å²) in [4.78, 5) is 18.6. The molecule has 11 nitrogen and oxygen atoms in total. The van der Waals surface area contributed by atoms with Crippen LogP contribution >= 0.6 is 0 Å². The number of fused-ring (bicyclic) bond motifs is 1. The largest absolute Gasteiger partial charge is 0.494 e. The molecule has 206 valence electrons. The molecule has 0 saturated carbocycles. The summed E-state index contributed by atoms with van der Waals surface area (Å²) in [6.07, 6.45) is 3.18. The van der Waals surface area contributed by atoms with Crippen molar-refractivity contribution in [1.29, 1.82) is 0 Å². The molecule has 3 aromatic heterocycles. The summed E-state index contributed by atoms with van der Waals surface area (Å²) in [5, 5.41) is 3.28. The van der Waals surface area contributed by atoms with E-state index in [0.717, 1.165) is 25.9 Å². The zero-order valence-electron chi connectivity index (χ0n) is 22.3. The second-order valence-corrected chi connectivity index (χ2v) is 11.4. The van der Waals surface area contributed by atoms with Crippen molar-refractivity contribution in [2.75, 3.05) is 39.7 Å². The van der Waals surface area contributed by atoms with E-state index in [1.54, 1.807) is 37.0 Å². The Hall–Kier alpha value is -3.77. The Labute approximate surface area is 227 Å². The molecule has 12 heteroatoms. The molecular formula is C27H32N6O5S. The number of nitrogens with one attached hydrogen (secondary N) is 1. The van der Waals surface area contributed by atoms with E-state index in [1.165, 1.54) is 6.20 Å². The molecule has 0 bridgehead atoms. The van der Waals surface area contributed by atoms with Gasteiger partial charge < -0.3 is 19.5 Å². The quantitative estimate of drug-likeness (QED) is 0.313. The molecule has 0 amide bonds. The van der Waals surface area contributed by atoms with Crippen molar-refractivity contribution in [1.82, 2.24) is 29.8 Å². The first-order valence-electron chi connectivity index (χ1n) is 12.9. The van der Waals surface area contributed by atoms with Gasteiger partial charge >= 0.3 is 0 Å². The zero-order valence-corrected chi connectivity index (χ0v) is 23.1. The summed E-state index contributed by atoms with van der Waals surface area (Å²) in [5.41, 5.74) is 2.11. The molecule has 5 rings (SSSR count). The molecule has 1 N–H and O–H groups in total. The van der Waals surface area contributed by atoms with Crippen molar-refractivity contribution < 1.29 is 22.6 Å². The third-order valence-electron chi connectivity index (χ3n) is 6.61. The average Bonchev–Trinajstić information content (AvgIpc) is 3.31. The lowest BCUT2D eigenvalue weighted by Gasteiger charge is -2.22. The van der Waals surface area contributed by atoms with Crippen LogP contribution < -0.4 is 19.5 Å². The molecule has 4 heterocycles. The average molecular weight is 553 g/mol. The lowest BCUT2D eigenvalue weighted by molar-refractivity contribution is 0.327. The van der Waals surface area contributed by atoms with E-state index in [-0.39, 0.29) is 17.4 Å². The number of ether oxygens (including phenoxy) is 3. The van der Waals surface area contributed by atoms with Crippen LogP contribution in [0.5, 0.6) is 17.4 Å². The molecule has 1 aliphatic rings. The molecule has 4 aromatic rings. The first-order valence-corrected chi connectivity index (χ1v) is 14.7. The summed E-state index contributed by atoms with van der Waals surface area (Å²) in [5.74, 6) is 1.99. The van der Waals surface area contributed by atoms with Gasteiger partial charge in [0.1, 0.15) is 22.9 Å². The number of piperidine rings is 1. The van der Waals surface area contributed by atoms with Crippen LogP contribution in [0.15, 0.2) is 42.6 Å². The molecule has 39 heavy (non-hydrogen) atoms. The summed E-state index contributed by atoms with van der Waals surface area (Å²) >= 11 is 0. The van der Waals surface area contributed by atoms with E-state index in [0.29, 0.717) is 58.2 Å². The minimum atomic E-state index is -3.40. The fourth-order valence-corrected chi connectivity index (χ4v) is 6.61. The van der Waals surface area contributed by atoms with Crippen molar-refractivity contribution in [3.8, 4) is 34.6 Å². The Kier molecular flexibility index (Phi) is 7.94. The predicted molar refractivity (Wildman–Crippen MR) is 147 cm³/mol. The second-order valence-electron chi connectivity index (χ2n) is 9.33. The number of methoxy groups -OCH3 is 2. The van der Waals surface area contributed by atoms with Gasteiger partial charge in [0.05, 0.1) is 44.2 Å². The minimum Gasteiger partial charge on any atom is -0.494 e. The molecule has 1 saturated heterocycles. The standard InChI is InChI=1S/C27H32N6O5S/c1-4-38-23-10-5-7-20(31-23)26-32-25-27(33(26)24-21(36-2)8-6-9-22(24)37-3)30-19(15-29-25)17-39(34,35)16-18-11-13-28-14-12-18/h5-10,15,18,28H,4,11-14,16-17H2,1-3H3. The van der Waals surface area contributed by atoms with Gasteiger partial charge in [0.2, 0.25) is 5.88 Å². The van der Waals surface area contributed by atoms with E-state index in [1.807, 2.05) is 25.1 Å². The number of hydrogen-bond acceptors (Lipinski definition) is 10. The van der Waals surface area contributed by atoms with Crippen molar-refractivity contribution in [3.05, 3.63) is 48.3 Å². The van der Waals surface area contributed by atoms with Crippen molar-refractivity contribution in [3.63, 3.8) is 0 Å². The van der Waals surface area contributed by atoms with Gasteiger partial charge in [0.15, 0.2) is 27.0 Å². The number of aromatic nitrogens is 5. The number of rotatable bonds is 10. The Bertz CT molecular complexity index is 1540. The lowest BCUT2D eigenvalue weighted by Crippen LogP contribution is -2.31. The van der Waals surface area contributed by atoms with Crippen LogP contribution in [0, 0.1) is 5.92 Å². The summed E-state index contributed by atoms with van der Waals surface area (Å²) in [7, 11) is -0.272. The molecule has 0 atom stereocenters. The molecule has 0 radical (unpaired) electrons. The number of sulfone groups is 1. The van der Waals surface area contributed by atoms with Gasteiger partial charge in [-0.25, -0.2) is 28.4 Å².